The van der Waals surface area contributed by atoms with E-state index in [0.29, 0.717) is 11.3 Å². The summed E-state index contributed by atoms with van der Waals surface area (Å²) in [6, 6.07) is 7.78. The minimum absolute atomic E-state index is 0.428. The summed E-state index contributed by atoms with van der Waals surface area (Å²) in [5, 5.41) is 1.89. The Balaban J connectivity index is 2.07. The molecule has 2 aromatic rings. The Morgan fingerprint density at radius 3 is 2.38 bits per heavy atom. The summed E-state index contributed by atoms with van der Waals surface area (Å²) in [6.45, 7) is 9.33. The van der Waals surface area contributed by atoms with E-state index in [1.807, 2.05) is 52.0 Å². The molecule has 6 heteroatoms. The van der Waals surface area contributed by atoms with E-state index in [1.165, 1.54) is 0 Å². The number of rotatable bonds is 2. The highest BCUT2D eigenvalue weighted by molar-refractivity contribution is 9.10. The summed E-state index contributed by atoms with van der Waals surface area (Å²) in [5.41, 5.74) is -0.568. The van der Waals surface area contributed by atoms with E-state index in [4.69, 9.17) is 9.31 Å². The van der Waals surface area contributed by atoms with Gasteiger partial charge < -0.3 is 9.31 Å². The third kappa shape index (κ3) is 2.91. The van der Waals surface area contributed by atoms with Crippen LogP contribution in [-0.2, 0) is 9.31 Å². The quantitative estimate of drug-likeness (QED) is 0.648. The number of nitrogens with zero attached hydrogens (tertiary/aromatic N) is 1. The minimum atomic E-state index is -1.01. The van der Waals surface area contributed by atoms with E-state index in [2.05, 4.69) is 20.9 Å². The predicted octanol–water partition coefficient (Wildman–Crippen LogP) is 5.33. The molecule has 0 radical (unpaired) electrons. The normalized spacial score (nSPS) is 20.4. The number of allylic oxidation sites excluding steroid dienone is 1. The van der Waals surface area contributed by atoms with E-state index >= 15 is 4.39 Å². The van der Waals surface area contributed by atoms with Gasteiger partial charge in [0.15, 0.2) is 0 Å². The van der Waals surface area contributed by atoms with Crippen LogP contribution in [0.4, 0.5) is 4.39 Å². The lowest BCUT2D eigenvalue weighted by Crippen LogP contribution is -2.41. The van der Waals surface area contributed by atoms with Crippen molar-refractivity contribution in [3.05, 3.63) is 46.4 Å². The van der Waals surface area contributed by atoms with Gasteiger partial charge in [-0.3, -0.25) is 4.98 Å². The van der Waals surface area contributed by atoms with Gasteiger partial charge in [0, 0.05) is 21.6 Å². The van der Waals surface area contributed by atoms with E-state index in [0.717, 1.165) is 15.2 Å². The second-order valence-electron chi connectivity index (χ2n) is 7.09. The maximum Gasteiger partial charge on any atom is 0.525 e. The molecule has 1 aliphatic rings. The number of halogens is 2. The molecule has 2 heterocycles. The predicted molar refractivity (Wildman–Crippen MR) is 99.2 cm³/mol. The highest BCUT2D eigenvalue weighted by Crippen LogP contribution is 2.40. The Bertz CT molecular complexity index is 819. The van der Waals surface area contributed by atoms with E-state index in [1.54, 1.807) is 13.1 Å². The number of benzene rings is 1. The highest BCUT2D eigenvalue weighted by atomic mass is 79.9. The van der Waals surface area contributed by atoms with Crippen LogP contribution in [0.1, 0.15) is 40.3 Å². The summed E-state index contributed by atoms with van der Waals surface area (Å²) in [6.07, 6.45) is 1.69. The second-order valence-corrected chi connectivity index (χ2v) is 8.00. The van der Waals surface area contributed by atoms with Gasteiger partial charge >= 0.3 is 7.12 Å². The van der Waals surface area contributed by atoms with Crippen LogP contribution in [0.25, 0.3) is 16.3 Å². The lowest BCUT2D eigenvalue weighted by atomic mass is 9.83. The molecule has 0 unspecified atom stereocenters. The maximum absolute atomic E-state index is 15.1. The van der Waals surface area contributed by atoms with E-state index in [-0.39, 0.29) is 0 Å². The number of hydrogen-bond acceptors (Lipinski definition) is 3. The van der Waals surface area contributed by atoms with Crippen LogP contribution in [0.5, 0.6) is 0 Å². The average Bonchev–Trinajstić information content (AvgIpc) is 2.73. The zero-order chi connectivity index (χ0) is 17.7. The monoisotopic (exact) mass is 391 g/mol. The summed E-state index contributed by atoms with van der Waals surface area (Å²) >= 11 is 3.46. The molecule has 3 rings (SSSR count). The van der Waals surface area contributed by atoms with Gasteiger partial charge in [-0.1, -0.05) is 22.0 Å². The van der Waals surface area contributed by atoms with Crippen LogP contribution in [0.3, 0.4) is 0 Å². The third-order valence-electron chi connectivity index (χ3n) is 4.90. The molecule has 1 fully saturated rings. The van der Waals surface area contributed by atoms with E-state index in [9.17, 15) is 0 Å². The Morgan fingerprint density at radius 2 is 1.75 bits per heavy atom. The van der Waals surface area contributed by atoms with Crippen LogP contribution in [-0.4, -0.2) is 23.3 Å². The molecule has 0 aliphatic carbocycles. The Labute approximate surface area is 150 Å². The number of aromatic nitrogens is 1. The van der Waals surface area contributed by atoms with Gasteiger partial charge in [0.25, 0.3) is 0 Å². The first-order chi connectivity index (χ1) is 11.1. The molecular formula is C18H20BBrFNO2. The number of fused-ring (bicyclic) bond motifs is 1. The molecular weight excluding hydrogens is 372 g/mol. The molecule has 1 aromatic carbocycles. The van der Waals surface area contributed by atoms with Crippen LogP contribution in [0, 0.1) is 0 Å². The van der Waals surface area contributed by atoms with E-state index < -0.39 is 24.0 Å². The second kappa shape index (κ2) is 5.93. The lowest BCUT2D eigenvalue weighted by Gasteiger charge is -2.32. The largest absolute Gasteiger partial charge is 0.525 e. The summed E-state index contributed by atoms with van der Waals surface area (Å²) in [4.78, 5) is 4.38. The van der Waals surface area contributed by atoms with Gasteiger partial charge in [0.1, 0.15) is 5.73 Å². The van der Waals surface area contributed by atoms with Gasteiger partial charge in [-0.25, -0.2) is 4.39 Å². The van der Waals surface area contributed by atoms with Crippen LogP contribution in [0.2, 0.25) is 0 Å². The Morgan fingerprint density at radius 1 is 1.12 bits per heavy atom. The highest BCUT2D eigenvalue weighted by Gasteiger charge is 2.53. The molecule has 1 aromatic heterocycles. The summed E-state index contributed by atoms with van der Waals surface area (Å²) < 4.78 is 27.6. The summed E-state index contributed by atoms with van der Waals surface area (Å²) in [5.74, 6) is 0. The van der Waals surface area contributed by atoms with Crippen molar-refractivity contribution in [1.82, 2.24) is 4.98 Å². The fourth-order valence-electron chi connectivity index (χ4n) is 2.68. The maximum atomic E-state index is 15.1. The third-order valence-corrected chi connectivity index (χ3v) is 5.40. The van der Waals surface area contributed by atoms with Crippen molar-refractivity contribution >= 4 is 39.4 Å². The van der Waals surface area contributed by atoms with Gasteiger partial charge in [0.2, 0.25) is 0 Å². The zero-order valence-electron chi connectivity index (χ0n) is 14.5. The number of pyridine rings is 1. The lowest BCUT2D eigenvalue weighted by molar-refractivity contribution is 0.00578. The van der Waals surface area contributed by atoms with Gasteiger partial charge in [-0.05, 0) is 58.2 Å². The molecule has 126 valence electrons. The van der Waals surface area contributed by atoms with Crippen molar-refractivity contribution in [3.63, 3.8) is 0 Å². The smallest absolute Gasteiger partial charge is 0.398 e. The first-order valence-corrected chi connectivity index (χ1v) is 8.68. The van der Waals surface area contributed by atoms with Crippen molar-refractivity contribution < 1.29 is 13.7 Å². The Kier molecular flexibility index (Phi) is 4.35. The fraction of sp³-hybridized carbons (Fsp3) is 0.389. The molecule has 1 aliphatic heterocycles. The Hall–Kier alpha value is -1.24. The first kappa shape index (κ1) is 17.6. The molecule has 3 nitrogen and oxygen atoms in total. The first-order valence-electron chi connectivity index (χ1n) is 7.89. The van der Waals surface area contributed by atoms with Crippen molar-refractivity contribution in [2.75, 3.05) is 0 Å². The minimum Gasteiger partial charge on any atom is -0.398 e. The average molecular weight is 392 g/mol. The fourth-order valence-corrected chi connectivity index (χ4v) is 3.04. The van der Waals surface area contributed by atoms with Crippen LogP contribution < -0.4 is 0 Å². The molecule has 1 saturated heterocycles. The van der Waals surface area contributed by atoms with Crippen molar-refractivity contribution in [2.45, 2.75) is 45.8 Å². The topological polar surface area (TPSA) is 31.4 Å². The van der Waals surface area contributed by atoms with Gasteiger partial charge in [0.05, 0.1) is 16.9 Å². The standard InChI is InChI=1S/C18H20BBrFNO2/c1-11(16(21)19-23-17(2,3)18(4,5)24-19)15-14-10-13(20)7-6-12(14)8-9-22-15/h6-10H,1-5H3. The molecule has 0 saturated carbocycles. The molecule has 24 heavy (non-hydrogen) atoms. The summed E-state index contributed by atoms with van der Waals surface area (Å²) in [7, 11) is -1.01. The molecule has 0 bridgehead atoms. The van der Waals surface area contributed by atoms with Gasteiger partial charge in [-0.2, -0.15) is 0 Å². The van der Waals surface area contributed by atoms with Crippen molar-refractivity contribution in [1.29, 1.82) is 0 Å². The van der Waals surface area contributed by atoms with Gasteiger partial charge in [-0.15, -0.1) is 0 Å². The molecule has 0 atom stereocenters. The molecule has 0 amide bonds. The SMILES string of the molecule is CC(=C(F)B1OC(C)(C)C(C)(C)O1)c1nccc2ccc(Br)cc12. The molecule has 0 N–H and O–H groups in total. The number of hydrogen-bond donors (Lipinski definition) is 0. The zero-order valence-corrected chi connectivity index (χ0v) is 16.1. The van der Waals surface area contributed by atoms with Crippen LogP contribution >= 0.6 is 15.9 Å². The van der Waals surface area contributed by atoms with Crippen molar-refractivity contribution in [2.24, 2.45) is 0 Å². The van der Waals surface area contributed by atoms with Crippen molar-refractivity contribution in [3.8, 4) is 0 Å². The molecule has 0 spiro atoms. The van der Waals surface area contributed by atoms with Crippen LogP contribution in [0.15, 0.2) is 40.7 Å².